The van der Waals surface area contributed by atoms with Gasteiger partial charge in [-0.05, 0) is 23.8 Å². The van der Waals surface area contributed by atoms with Crippen LogP contribution in [0.1, 0.15) is 11.3 Å². The SMILES string of the molecule is N#CC1=C(N)OC=CC12c1ccccc1-c1nc3ccccc3nc12. The van der Waals surface area contributed by atoms with Crippen molar-refractivity contribution < 1.29 is 4.74 Å². The highest BCUT2D eigenvalue weighted by atomic mass is 16.5. The molecule has 3 aromatic rings. The Morgan fingerprint density at radius 1 is 1.00 bits per heavy atom. The summed E-state index contributed by atoms with van der Waals surface area (Å²) in [5.74, 6) is 0.0996. The summed E-state index contributed by atoms with van der Waals surface area (Å²) in [5.41, 5.74) is 10.5. The van der Waals surface area contributed by atoms with Crippen molar-refractivity contribution in [1.82, 2.24) is 9.97 Å². The molecule has 5 nitrogen and oxygen atoms in total. The third-order valence-corrected chi connectivity index (χ3v) is 4.82. The average Bonchev–Trinajstić information content (AvgIpc) is 2.91. The van der Waals surface area contributed by atoms with E-state index in [1.165, 1.54) is 6.26 Å². The van der Waals surface area contributed by atoms with Crippen LogP contribution in [0.5, 0.6) is 0 Å². The number of rotatable bonds is 0. The lowest BCUT2D eigenvalue weighted by molar-refractivity contribution is 0.321. The molecule has 1 aliphatic carbocycles. The van der Waals surface area contributed by atoms with Crippen LogP contribution >= 0.6 is 0 Å². The van der Waals surface area contributed by atoms with Gasteiger partial charge in [-0.2, -0.15) is 5.26 Å². The highest BCUT2D eigenvalue weighted by Crippen LogP contribution is 2.53. The fourth-order valence-corrected chi connectivity index (χ4v) is 3.73. The summed E-state index contributed by atoms with van der Waals surface area (Å²) in [6.07, 6.45) is 3.37. The summed E-state index contributed by atoms with van der Waals surface area (Å²) in [4.78, 5) is 9.70. The predicted octanol–water partition coefficient (Wildman–Crippen LogP) is 3.13. The molecule has 0 radical (unpaired) electrons. The zero-order valence-electron chi connectivity index (χ0n) is 13.1. The van der Waals surface area contributed by atoms with Crippen LogP contribution in [0.3, 0.4) is 0 Å². The first-order valence-electron chi connectivity index (χ1n) is 7.87. The standard InChI is InChI=1S/C20H12N4O/c21-11-14-19(22)25-10-9-20(14)13-6-2-1-5-12(13)17-18(20)24-16-8-4-3-7-15(16)23-17/h1-10H,22H2. The van der Waals surface area contributed by atoms with Crippen molar-refractivity contribution in [3.63, 3.8) is 0 Å². The van der Waals surface area contributed by atoms with Crippen molar-refractivity contribution >= 4 is 11.0 Å². The van der Waals surface area contributed by atoms with Gasteiger partial charge >= 0.3 is 0 Å². The molecular formula is C20H12N4O. The van der Waals surface area contributed by atoms with Crippen LogP contribution in [0.4, 0.5) is 0 Å². The van der Waals surface area contributed by atoms with Gasteiger partial charge in [-0.3, -0.25) is 0 Å². The minimum absolute atomic E-state index is 0.0996. The van der Waals surface area contributed by atoms with Gasteiger partial charge in [0.05, 0.1) is 28.7 Å². The van der Waals surface area contributed by atoms with Gasteiger partial charge in [-0.1, -0.05) is 36.4 Å². The van der Waals surface area contributed by atoms with Crippen LogP contribution in [-0.2, 0) is 10.2 Å². The van der Waals surface area contributed by atoms with Crippen molar-refractivity contribution in [2.24, 2.45) is 5.73 Å². The van der Waals surface area contributed by atoms with Crippen molar-refractivity contribution in [2.45, 2.75) is 5.41 Å². The Labute approximate surface area is 143 Å². The molecule has 2 N–H and O–H groups in total. The molecule has 2 aliphatic rings. The predicted molar refractivity (Wildman–Crippen MR) is 92.8 cm³/mol. The van der Waals surface area contributed by atoms with E-state index in [0.717, 1.165) is 27.9 Å². The zero-order valence-corrected chi connectivity index (χ0v) is 13.1. The maximum absolute atomic E-state index is 9.80. The number of hydrogen-bond donors (Lipinski definition) is 1. The van der Waals surface area contributed by atoms with Crippen LogP contribution in [0.15, 0.2) is 72.3 Å². The van der Waals surface area contributed by atoms with Gasteiger partial charge in [0, 0.05) is 5.56 Å². The number of nitrogens with two attached hydrogens (primary N) is 1. The van der Waals surface area contributed by atoms with Crippen molar-refractivity contribution in [2.75, 3.05) is 0 Å². The number of hydrogen-bond acceptors (Lipinski definition) is 5. The molecule has 25 heavy (non-hydrogen) atoms. The van der Waals surface area contributed by atoms with Crippen LogP contribution in [0, 0.1) is 11.3 Å². The van der Waals surface area contributed by atoms with Crippen LogP contribution in [0.2, 0.25) is 0 Å². The summed E-state index contributed by atoms with van der Waals surface area (Å²) in [6, 6.07) is 17.8. The molecule has 0 saturated carbocycles. The molecule has 5 rings (SSSR count). The lowest BCUT2D eigenvalue weighted by Crippen LogP contribution is -2.31. The summed E-state index contributed by atoms with van der Waals surface area (Å²) >= 11 is 0. The number of allylic oxidation sites excluding steroid dienone is 2. The number of nitriles is 1. The first-order valence-corrected chi connectivity index (χ1v) is 7.87. The summed E-state index contributed by atoms with van der Waals surface area (Å²) in [6.45, 7) is 0. The van der Waals surface area contributed by atoms with E-state index >= 15 is 0 Å². The summed E-state index contributed by atoms with van der Waals surface area (Å²) in [7, 11) is 0. The lowest BCUT2D eigenvalue weighted by Gasteiger charge is -2.29. The monoisotopic (exact) mass is 324 g/mol. The fourth-order valence-electron chi connectivity index (χ4n) is 3.73. The van der Waals surface area contributed by atoms with Crippen LogP contribution in [-0.4, -0.2) is 9.97 Å². The zero-order chi connectivity index (χ0) is 17.0. The second kappa shape index (κ2) is 4.68. The average molecular weight is 324 g/mol. The van der Waals surface area contributed by atoms with Gasteiger partial charge in [0.25, 0.3) is 0 Å². The Bertz CT molecular complexity index is 1160. The van der Waals surface area contributed by atoms with E-state index in [1.807, 2.05) is 54.6 Å². The van der Waals surface area contributed by atoms with Crippen molar-refractivity contribution in [1.29, 1.82) is 5.26 Å². The van der Waals surface area contributed by atoms with Crippen molar-refractivity contribution in [3.8, 4) is 17.3 Å². The topological polar surface area (TPSA) is 84.8 Å². The Morgan fingerprint density at radius 2 is 1.72 bits per heavy atom. The van der Waals surface area contributed by atoms with E-state index in [2.05, 4.69) is 6.07 Å². The smallest absolute Gasteiger partial charge is 0.205 e. The minimum atomic E-state index is -0.861. The summed E-state index contributed by atoms with van der Waals surface area (Å²) in [5, 5.41) is 9.80. The third kappa shape index (κ3) is 1.60. The maximum atomic E-state index is 9.80. The van der Waals surface area contributed by atoms with E-state index in [0.29, 0.717) is 11.3 Å². The molecule has 0 fully saturated rings. The molecule has 2 heterocycles. The number of fused-ring (bicyclic) bond motifs is 6. The largest absolute Gasteiger partial charge is 0.448 e. The second-order valence-corrected chi connectivity index (χ2v) is 6.03. The van der Waals surface area contributed by atoms with Crippen LogP contribution < -0.4 is 5.73 Å². The molecule has 1 unspecified atom stereocenters. The van der Waals surface area contributed by atoms with E-state index in [4.69, 9.17) is 20.4 Å². The molecular weight excluding hydrogens is 312 g/mol. The van der Waals surface area contributed by atoms with Crippen molar-refractivity contribution in [3.05, 3.63) is 83.6 Å². The molecule has 0 amide bonds. The fraction of sp³-hybridized carbons (Fsp3) is 0.0500. The quantitative estimate of drug-likeness (QED) is 0.686. The minimum Gasteiger partial charge on any atom is -0.448 e. The molecule has 2 aromatic carbocycles. The van der Waals surface area contributed by atoms with E-state index in [-0.39, 0.29) is 5.88 Å². The number of para-hydroxylation sites is 2. The van der Waals surface area contributed by atoms with Gasteiger partial charge in [-0.25, -0.2) is 9.97 Å². The van der Waals surface area contributed by atoms with Gasteiger partial charge in [0.2, 0.25) is 5.88 Å². The highest BCUT2D eigenvalue weighted by molar-refractivity contribution is 5.87. The van der Waals surface area contributed by atoms with Gasteiger partial charge in [0.1, 0.15) is 17.1 Å². The molecule has 0 saturated heterocycles. The van der Waals surface area contributed by atoms with E-state index in [9.17, 15) is 5.26 Å². The number of nitrogens with zero attached hydrogens (tertiary/aromatic N) is 3. The molecule has 1 aliphatic heterocycles. The first kappa shape index (κ1) is 13.8. The molecule has 1 atom stereocenters. The van der Waals surface area contributed by atoms with E-state index < -0.39 is 5.41 Å². The number of aromatic nitrogens is 2. The Morgan fingerprint density at radius 3 is 2.52 bits per heavy atom. The maximum Gasteiger partial charge on any atom is 0.205 e. The lowest BCUT2D eigenvalue weighted by atomic mass is 9.74. The third-order valence-electron chi connectivity index (χ3n) is 4.82. The molecule has 1 spiro atoms. The molecule has 118 valence electrons. The van der Waals surface area contributed by atoms with Gasteiger partial charge in [0.15, 0.2) is 0 Å². The number of benzene rings is 2. The van der Waals surface area contributed by atoms with Crippen LogP contribution in [0.25, 0.3) is 22.3 Å². The second-order valence-electron chi connectivity index (χ2n) is 6.03. The first-order chi connectivity index (χ1) is 12.3. The Balaban J connectivity index is 1.97. The Kier molecular flexibility index (Phi) is 2.58. The Hall–Kier alpha value is -3.65. The normalized spacial score (nSPS) is 20.3. The molecule has 5 heteroatoms. The van der Waals surface area contributed by atoms with Gasteiger partial charge < -0.3 is 10.5 Å². The highest BCUT2D eigenvalue weighted by Gasteiger charge is 2.50. The number of ether oxygens (including phenoxy) is 1. The summed E-state index contributed by atoms with van der Waals surface area (Å²) < 4.78 is 5.29. The molecule has 1 aromatic heterocycles. The molecule has 0 bridgehead atoms. The van der Waals surface area contributed by atoms with Gasteiger partial charge in [-0.15, -0.1) is 0 Å². The van der Waals surface area contributed by atoms with E-state index in [1.54, 1.807) is 0 Å².